The second-order valence-corrected chi connectivity index (χ2v) is 3.47. The average Bonchev–Trinajstić information content (AvgIpc) is 2.71. The van der Waals surface area contributed by atoms with Crippen molar-refractivity contribution in [3.8, 4) is 0 Å². The van der Waals surface area contributed by atoms with Gasteiger partial charge in [0.05, 0.1) is 5.71 Å². The van der Waals surface area contributed by atoms with E-state index in [2.05, 4.69) is 15.3 Å². The van der Waals surface area contributed by atoms with Crippen molar-refractivity contribution in [2.24, 2.45) is 5.10 Å². The maximum Gasteiger partial charge on any atom is 0.141 e. The van der Waals surface area contributed by atoms with Gasteiger partial charge in [0.25, 0.3) is 0 Å². The van der Waals surface area contributed by atoms with E-state index in [1.165, 1.54) is 0 Å². The van der Waals surface area contributed by atoms with Crippen molar-refractivity contribution in [1.29, 1.82) is 0 Å². The fraction of sp³-hybridized carbons (Fsp3) is 0.100. The number of hydrogen-bond donors (Lipinski definition) is 0. The SMILES string of the molecule is C/C(=N/n1cnnc1)c1ccc(Cl)cc1. The van der Waals surface area contributed by atoms with Gasteiger partial charge in [-0.1, -0.05) is 23.7 Å². The summed E-state index contributed by atoms with van der Waals surface area (Å²) < 4.78 is 1.56. The zero-order valence-corrected chi connectivity index (χ0v) is 8.89. The summed E-state index contributed by atoms with van der Waals surface area (Å²) in [7, 11) is 0. The summed E-state index contributed by atoms with van der Waals surface area (Å²) in [6.45, 7) is 1.92. The first-order chi connectivity index (χ1) is 7.25. The molecule has 0 saturated carbocycles. The molecule has 76 valence electrons. The van der Waals surface area contributed by atoms with Crippen LogP contribution < -0.4 is 0 Å². The molecular weight excluding hydrogens is 212 g/mol. The summed E-state index contributed by atoms with van der Waals surface area (Å²) in [5, 5.41) is 12.3. The first-order valence-corrected chi connectivity index (χ1v) is 4.79. The number of nitrogens with zero attached hydrogens (tertiary/aromatic N) is 4. The first kappa shape index (κ1) is 9.86. The lowest BCUT2D eigenvalue weighted by Crippen LogP contribution is -1.97. The summed E-state index contributed by atoms with van der Waals surface area (Å²) in [6.07, 6.45) is 3.08. The van der Waals surface area contributed by atoms with Crippen molar-refractivity contribution < 1.29 is 0 Å². The Bertz CT molecular complexity index is 459. The molecule has 0 radical (unpaired) electrons. The number of rotatable bonds is 2. The second kappa shape index (κ2) is 4.23. The second-order valence-electron chi connectivity index (χ2n) is 3.03. The van der Waals surface area contributed by atoms with Crippen LogP contribution in [0, 0.1) is 0 Å². The van der Waals surface area contributed by atoms with Gasteiger partial charge in [0, 0.05) is 5.02 Å². The highest BCUT2D eigenvalue weighted by Crippen LogP contribution is 2.10. The minimum absolute atomic E-state index is 0.718. The number of hydrogen-bond acceptors (Lipinski definition) is 3. The van der Waals surface area contributed by atoms with Crippen LogP contribution in [-0.2, 0) is 0 Å². The van der Waals surface area contributed by atoms with Gasteiger partial charge in [-0.05, 0) is 24.6 Å². The van der Waals surface area contributed by atoms with Crippen LogP contribution in [0.5, 0.6) is 0 Å². The molecule has 4 nitrogen and oxygen atoms in total. The molecule has 0 spiro atoms. The Kier molecular flexibility index (Phi) is 2.78. The van der Waals surface area contributed by atoms with Crippen LogP contribution in [0.25, 0.3) is 0 Å². The third-order valence-corrected chi connectivity index (χ3v) is 2.19. The van der Waals surface area contributed by atoms with Gasteiger partial charge >= 0.3 is 0 Å². The molecule has 0 saturated heterocycles. The predicted octanol–water partition coefficient (Wildman–Crippen LogP) is 2.20. The van der Waals surface area contributed by atoms with Gasteiger partial charge in [-0.15, -0.1) is 10.2 Å². The van der Waals surface area contributed by atoms with E-state index in [0.29, 0.717) is 0 Å². The highest BCUT2D eigenvalue weighted by Gasteiger charge is 1.97. The van der Waals surface area contributed by atoms with Gasteiger partial charge in [0.1, 0.15) is 12.7 Å². The Hall–Kier alpha value is -1.68. The summed E-state index contributed by atoms with van der Waals surface area (Å²) >= 11 is 5.79. The Balaban J connectivity index is 2.28. The van der Waals surface area contributed by atoms with Crippen LogP contribution in [0.3, 0.4) is 0 Å². The summed E-state index contributed by atoms with van der Waals surface area (Å²) in [5.41, 5.74) is 1.90. The van der Waals surface area contributed by atoms with Crippen molar-refractivity contribution in [3.05, 3.63) is 47.5 Å². The minimum Gasteiger partial charge on any atom is -0.207 e. The van der Waals surface area contributed by atoms with E-state index in [-0.39, 0.29) is 0 Å². The lowest BCUT2D eigenvalue weighted by Gasteiger charge is -2.00. The summed E-state index contributed by atoms with van der Waals surface area (Å²) in [4.78, 5) is 0. The fourth-order valence-electron chi connectivity index (χ4n) is 1.17. The molecule has 5 heteroatoms. The molecule has 2 rings (SSSR count). The highest BCUT2D eigenvalue weighted by molar-refractivity contribution is 6.30. The van der Waals surface area contributed by atoms with Crippen molar-refractivity contribution in [1.82, 2.24) is 14.9 Å². The van der Waals surface area contributed by atoms with E-state index in [9.17, 15) is 0 Å². The van der Waals surface area contributed by atoms with Crippen LogP contribution in [0.1, 0.15) is 12.5 Å². The molecule has 0 aliphatic carbocycles. The number of benzene rings is 1. The smallest absolute Gasteiger partial charge is 0.141 e. The molecule has 0 N–H and O–H groups in total. The molecule has 0 atom stereocenters. The predicted molar refractivity (Wildman–Crippen MR) is 59.1 cm³/mol. The van der Waals surface area contributed by atoms with Crippen molar-refractivity contribution in [2.75, 3.05) is 0 Å². The molecule has 15 heavy (non-hydrogen) atoms. The summed E-state index contributed by atoms with van der Waals surface area (Å²) in [6, 6.07) is 7.52. The van der Waals surface area contributed by atoms with Crippen molar-refractivity contribution >= 4 is 17.3 Å². The van der Waals surface area contributed by atoms with Crippen LogP contribution in [0.15, 0.2) is 42.0 Å². The normalized spacial score (nSPS) is 11.7. The van der Waals surface area contributed by atoms with E-state index in [1.807, 2.05) is 31.2 Å². The summed E-state index contributed by atoms with van der Waals surface area (Å²) in [5.74, 6) is 0. The molecule has 1 aromatic carbocycles. The molecule has 0 aliphatic rings. The van der Waals surface area contributed by atoms with E-state index < -0.39 is 0 Å². The van der Waals surface area contributed by atoms with Crippen molar-refractivity contribution in [2.45, 2.75) is 6.92 Å². The van der Waals surface area contributed by atoms with Crippen LogP contribution in [-0.4, -0.2) is 20.6 Å². The molecule has 0 unspecified atom stereocenters. The molecule has 0 aliphatic heterocycles. The van der Waals surface area contributed by atoms with Gasteiger partial charge in [-0.2, -0.15) is 5.10 Å². The van der Waals surface area contributed by atoms with Crippen LogP contribution in [0.4, 0.5) is 0 Å². The van der Waals surface area contributed by atoms with Crippen molar-refractivity contribution in [3.63, 3.8) is 0 Å². The molecule has 1 aromatic heterocycles. The maximum atomic E-state index is 5.79. The van der Waals surface area contributed by atoms with Gasteiger partial charge in [-0.25, -0.2) is 4.68 Å². The van der Waals surface area contributed by atoms with E-state index in [4.69, 9.17) is 11.6 Å². The molecule has 0 amide bonds. The average molecular weight is 221 g/mol. The Morgan fingerprint density at radius 3 is 2.40 bits per heavy atom. The Morgan fingerprint density at radius 1 is 1.20 bits per heavy atom. The molecule has 2 aromatic rings. The highest BCUT2D eigenvalue weighted by atomic mass is 35.5. The first-order valence-electron chi connectivity index (χ1n) is 4.42. The van der Waals surface area contributed by atoms with Gasteiger partial charge in [-0.3, -0.25) is 0 Å². The zero-order valence-electron chi connectivity index (χ0n) is 8.13. The van der Waals surface area contributed by atoms with E-state index in [0.717, 1.165) is 16.3 Å². The molecular formula is C10H9ClN4. The van der Waals surface area contributed by atoms with Gasteiger partial charge < -0.3 is 0 Å². The minimum atomic E-state index is 0.718. The van der Waals surface area contributed by atoms with E-state index in [1.54, 1.807) is 17.3 Å². The lowest BCUT2D eigenvalue weighted by molar-refractivity contribution is 0.871. The number of halogens is 1. The van der Waals surface area contributed by atoms with Crippen LogP contribution in [0.2, 0.25) is 5.02 Å². The quantitative estimate of drug-likeness (QED) is 0.729. The Labute approximate surface area is 92.2 Å². The standard InChI is InChI=1S/C10H9ClN4/c1-8(14-15-6-12-13-7-15)9-2-4-10(11)5-3-9/h2-7H,1H3/b14-8-. The lowest BCUT2D eigenvalue weighted by atomic mass is 10.1. The fourth-order valence-corrected chi connectivity index (χ4v) is 1.29. The number of aromatic nitrogens is 3. The third kappa shape index (κ3) is 2.41. The van der Waals surface area contributed by atoms with Gasteiger partial charge in [0.15, 0.2) is 0 Å². The van der Waals surface area contributed by atoms with Gasteiger partial charge in [0.2, 0.25) is 0 Å². The van der Waals surface area contributed by atoms with E-state index >= 15 is 0 Å². The third-order valence-electron chi connectivity index (χ3n) is 1.93. The van der Waals surface area contributed by atoms with Crippen LogP contribution >= 0.6 is 11.6 Å². The molecule has 0 fully saturated rings. The maximum absolute atomic E-state index is 5.79. The zero-order chi connectivity index (χ0) is 10.7. The molecule has 0 bridgehead atoms. The largest absolute Gasteiger partial charge is 0.207 e. The topological polar surface area (TPSA) is 43.1 Å². The Morgan fingerprint density at radius 2 is 1.80 bits per heavy atom. The molecule has 1 heterocycles. The monoisotopic (exact) mass is 220 g/mol.